The largest absolute Gasteiger partial charge is 0.351 e. The molecule has 3 aromatic heterocycles. The summed E-state index contributed by atoms with van der Waals surface area (Å²) in [6.45, 7) is 3.95. The normalized spacial score (nSPS) is 19.4. The summed E-state index contributed by atoms with van der Waals surface area (Å²) in [4.78, 5) is 49.7. The van der Waals surface area contributed by atoms with Crippen LogP contribution in [0.2, 0.25) is 0 Å². The first-order valence-corrected chi connectivity index (χ1v) is 11.0. The highest BCUT2D eigenvalue weighted by molar-refractivity contribution is 5.80. The van der Waals surface area contributed by atoms with Gasteiger partial charge in [-0.2, -0.15) is 0 Å². The number of carbonyl (C=O) groups excluding carboxylic acids is 1. The van der Waals surface area contributed by atoms with Gasteiger partial charge in [0, 0.05) is 64.9 Å². The Balaban J connectivity index is 1.28. The van der Waals surface area contributed by atoms with Crippen LogP contribution in [-0.2, 0) is 11.8 Å². The van der Waals surface area contributed by atoms with Gasteiger partial charge in [-0.15, -0.1) is 0 Å². The van der Waals surface area contributed by atoms with Crippen LogP contribution in [0.3, 0.4) is 0 Å². The Morgan fingerprint density at radius 3 is 2.50 bits per heavy atom. The number of nitrogens with zero attached hydrogens (tertiary/aromatic N) is 8. The van der Waals surface area contributed by atoms with Crippen LogP contribution >= 0.6 is 0 Å². The van der Waals surface area contributed by atoms with E-state index in [0.717, 1.165) is 19.4 Å². The number of aryl methyl sites for hydroxylation is 1. The van der Waals surface area contributed by atoms with Gasteiger partial charge in [-0.25, -0.2) is 19.9 Å². The van der Waals surface area contributed by atoms with Gasteiger partial charge in [-0.3, -0.25) is 14.2 Å². The lowest BCUT2D eigenvalue weighted by molar-refractivity contribution is -0.136. The van der Waals surface area contributed by atoms with E-state index in [-0.39, 0.29) is 17.4 Å². The highest BCUT2D eigenvalue weighted by atomic mass is 16.2. The number of piperidine rings is 1. The second-order valence-electron chi connectivity index (χ2n) is 8.29. The molecule has 2 saturated heterocycles. The number of pyridine rings is 1. The van der Waals surface area contributed by atoms with Crippen LogP contribution in [0.1, 0.15) is 12.8 Å². The van der Waals surface area contributed by atoms with Gasteiger partial charge < -0.3 is 14.7 Å². The average molecular weight is 435 g/mol. The summed E-state index contributed by atoms with van der Waals surface area (Å²) in [7, 11) is 1.71. The van der Waals surface area contributed by atoms with Crippen molar-refractivity contribution in [2.24, 2.45) is 13.0 Å². The van der Waals surface area contributed by atoms with Crippen molar-refractivity contribution in [3.63, 3.8) is 0 Å². The van der Waals surface area contributed by atoms with Crippen LogP contribution in [0.15, 0.2) is 41.6 Å². The number of anilines is 2. The Bertz CT molecular complexity index is 1170. The molecule has 2 aliphatic rings. The molecule has 1 amide bonds. The second-order valence-corrected chi connectivity index (χ2v) is 8.29. The monoisotopic (exact) mass is 434 g/mol. The smallest absolute Gasteiger partial charge is 0.294 e. The van der Waals surface area contributed by atoms with Gasteiger partial charge in [0.15, 0.2) is 11.5 Å². The van der Waals surface area contributed by atoms with E-state index < -0.39 is 0 Å². The Morgan fingerprint density at radius 1 is 0.969 bits per heavy atom. The zero-order valence-electron chi connectivity index (χ0n) is 18.1. The van der Waals surface area contributed by atoms with E-state index in [1.54, 1.807) is 31.7 Å². The standard InChI is InChI=1S/C22H26N8O2/c1-27-18-17(6-2-7-23-18)26-19(21(27)32)30-10-3-5-16(15-30)20(31)28-11-13-29(14-12-28)22-24-8-4-9-25-22/h2,4,6-9,16H,3,5,10-15H2,1H3. The van der Waals surface area contributed by atoms with Gasteiger partial charge in [-0.05, 0) is 31.0 Å². The fourth-order valence-electron chi connectivity index (χ4n) is 4.56. The molecule has 5 heterocycles. The number of hydrogen-bond acceptors (Lipinski definition) is 8. The minimum atomic E-state index is -0.180. The number of fused-ring (bicyclic) bond motifs is 1. The van der Waals surface area contributed by atoms with Gasteiger partial charge in [0.1, 0.15) is 5.52 Å². The van der Waals surface area contributed by atoms with Gasteiger partial charge in [0.05, 0.1) is 5.92 Å². The fourth-order valence-corrected chi connectivity index (χ4v) is 4.56. The van der Waals surface area contributed by atoms with Gasteiger partial charge in [-0.1, -0.05) is 0 Å². The minimum Gasteiger partial charge on any atom is -0.351 e. The molecule has 0 spiro atoms. The third-order valence-electron chi connectivity index (χ3n) is 6.30. The van der Waals surface area contributed by atoms with E-state index >= 15 is 0 Å². The molecule has 0 N–H and O–H groups in total. The number of rotatable bonds is 3. The molecule has 0 radical (unpaired) electrons. The van der Waals surface area contributed by atoms with E-state index in [1.807, 2.05) is 21.9 Å². The molecule has 0 saturated carbocycles. The lowest BCUT2D eigenvalue weighted by Gasteiger charge is -2.39. The first kappa shape index (κ1) is 20.3. The molecule has 166 valence electrons. The summed E-state index contributed by atoms with van der Waals surface area (Å²) in [5.74, 6) is 1.12. The summed E-state index contributed by atoms with van der Waals surface area (Å²) in [6.07, 6.45) is 6.80. The van der Waals surface area contributed by atoms with Gasteiger partial charge in [0.2, 0.25) is 11.9 Å². The molecular weight excluding hydrogens is 408 g/mol. The first-order valence-electron chi connectivity index (χ1n) is 11.0. The number of carbonyl (C=O) groups is 1. The number of aromatic nitrogens is 5. The Labute approximate surface area is 185 Å². The van der Waals surface area contributed by atoms with Crippen LogP contribution in [0, 0.1) is 5.92 Å². The van der Waals surface area contributed by atoms with Crippen molar-refractivity contribution in [2.45, 2.75) is 12.8 Å². The van der Waals surface area contributed by atoms with Crippen LogP contribution < -0.4 is 15.4 Å². The topological polar surface area (TPSA) is 100 Å². The van der Waals surface area contributed by atoms with Crippen molar-refractivity contribution in [1.29, 1.82) is 0 Å². The van der Waals surface area contributed by atoms with Crippen molar-refractivity contribution in [2.75, 3.05) is 49.1 Å². The van der Waals surface area contributed by atoms with Crippen LogP contribution in [0.5, 0.6) is 0 Å². The summed E-state index contributed by atoms with van der Waals surface area (Å²) >= 11 is 0. The first-order chi connectivity index (χ1) is 15.6. The summed E-state index contributed by atoms with van der Waals surface area (Å²) in [6, 6.07) is 5.46. The molecule has 2 aliphatic heterocycles. The second kappa shape index (κ2) is 8.52. The molecule has 10 heteroatoms. The van der Waals surface area contributed by atoms with E-state index in [4.69, 9.17) is 0 Å². The van der Waals surface area contributed by atoms with Crippen molar-refractivity contribution in [3.05, 3.63) is 47.1 Å². The molecule has 0 aliphatic carbocycles. The number of piperazine rings is 1. The summed E-state index contributed by atoms with van der Waals surface area (Å²) < 4.78 is 1.54. The van der Waals surface area contributed by atoms with E-state index in [0.29, 0.717) is 55.7 Å². The summed E-state index contributed by atoms with van der Waals surface area (Å²) in [5.41, 5.74) is 1.06. The molecule has 32 heavy (non-hydrogen) atoms. The number of amides is 1. The molecule has 10 nitrogen and oxygen atoms in total. The maximum Gasteiger partial charge on any atom is 0.294 e. The molecule has 3 aromatic rings. The highest BCUT2D eigenvalue weighted by Gasteiger charge is 2.32. The summed E-state index contributed by atoms with van der Waals surface area (Å²) in [5, 5.41) is 0. The minimum absolute atomic E-state index is 0.139. The predicted octanol–water partition coefficient (Wildman–Crippen LogP) is 0.684. The molecule has 2 fully saturated rings. The third-order valence-corrected chi connectivity index (χ3v) is 6.30. The Morgan fingerprint density at radius 2 is 1.72 bits per heavy atom. The Kier molecular flexibility index (Phi) is 5.42. The van der Waals surface area contributed by atoms with Gasteiger partial charge >= 0.3 is 0 Å². The van der Waals surface area contributed by atoms with Crippen LogP contribution in [-0.4, -0.2) is 74.6 Å². The fraction of sp³-hybridized carbons (Fsp3) is 0.455. The van der Waals surface area contributed by atoms with Crippen LogP contribution in [0.25, 0.3) is 11.2 Å². The molecule has 0 bridgehead atoms. The molecule has 1 atom stereocenters. The molecule has 1 unspecified atom stereocenters. The zero-order valence-corrected chi connectivity index (χ0v) is 18.1. The molecule has 5 rings (SSSR count). The zero-order chi connectivity index (χ0) is 22.1. The van der Waals surface area contributed by atoms with Crippen molar-refractivity contribution in [3.8, 4) is 0 Å². The maximum absolute atomic E-state index is 13.3. The number of hydrogen-bond donors (Lipinski definition) is 0. The van der Waals surface area contributed by atoms with Gasteiger partial charge in [0.25, 0.3) is 5.56 Å². The van der Waals surface area contributed by atoms with E-state index in [1.165, 1.54) is 4.57 Å². The lowest BCUT2D eigenvalue weighted by Crippen LogP contribution is -2.53. The quantitative estimate of drug-likeness (QED) is 0.593. The Hall–Kier alpha value is -3.56. The lowest BCUT2D eigenvalue weighted by atomic mass is 9.96. The predicted molar refractivity (Wildman–Crippen MR) is 121 cm³/mol. The maximum atomic E-state index is 13.3. The van der Waals surface area contributed by atoms with E-state index in [2.05, 4.69) is 24.8 Å². The third kappa shape index (κ3) is 3.76. The average Bonchev–Trinajstić information content (AvgIpc) is 2.86. The SMILES string of the molecule is Cn1c(=O)c(N2CCCC(C(=O)N3CCN(c4ncccn4)CC3)C2)nc2cccnc21. The van der Waals surface area contributed by atoms with Crippen molar-refractivity contribution < 1.29 is 4.79 Å². The molecule has 0 aromatic carbocycles. The van der Waals surface area contributed by atoms with Crippen LogP contribution in [0.4, 0.5) is 11.8 Å². The molecular formula is C22H26N8O2. The van der Waals surface area contributed by atoms with Crippen molar-refractivity contribution in [1.82, 2.24) is 29.4 Å². The van der Waals surface area contributed by atoms with E-state index in [9.17, 15) is 9.59 Å². The highest BCUT2D eigenvalue weighted by Crippen LogP contribution is 2.23. The van der Waals surface area contributed by atoms with Crippen molar-refractivity contribution >= 4 is 28.8 Å².